The van der Waals surface area contributed by atoms with Gasteiger partial charge in [0.1, 0.15) is 6.04 Å². The Morgan fingerprint density at radius 1 is 0.854 bits per heavy atom. The third-order valence-corrected chi connectivity index (χ3v) is 9.57. The number of hydrogen-bond acceptors (Lipinski definition) is 5. The van der Waals surface area contributed by atoms with Gasteiger partial charge in [-0.05, 0) is 66.1 Å². The first-order valence-corrected chi connectivity index (χ1v) is 14.8. The molecule has 4 heterocycles. The third-order valence-electron chi connectivity index (χ3n) is 9.57. The van der Waals surface area contributed by atoms with Crippen molar-refractivity contribution in [2.45, 2.75) is 50.9 Å². The minimum Gasteiger partial charge on any atom is -0.322 e. The standard InChI is InChI=1S/C34H36N4O3/c39-30-14-13-29(32(40)35-30)38-21-27-19-24(11-12-28(27)33(38)41)20-36-22-34(23-36)15-17-37(18-16-34)31(25-7-3-1-4-8-25)26-9-5-2-6-10-26/h1-12,19,29,31H,13-18,20-23H2,(H,35,39,40). The number of benzene rings is 3. The van der Waals surface area contributed by atoms with Crippen molar-refractivity contribution in [1.29, 1.82) is 0 Å². The van der Waals surface area contributed by atoms with Crippen LogP contribution in [-0.4, -0.2) is 64.6 Å². The molecule has 7 nitrogen and oxygen atoms in total. The molecule has 4 aliphatic rings. The second-order valence-electron chi connectivity index (χ2n) is 12.3. The van der Waals surface area contributed by atoms with E-state index in [2.05, 4.69) is 87.9 Å². The average Bonchev–Trinajstić information content (AvgIpc) is 3.29. The lowest BCUT2D eigenvalue weighted by atomic mass is 9.71. The van der Waals surface area contributed by atoms with Crippen LogP contribution in [0.1, 0.15) is 64.3 Å². The van der Waals surface area contributed by atoms with Gasteiger partial charge in [0.15, 0.2) is 0 Å². The summed E-state index contributed by atoms with van der Waals surface area (Å²) in [4.78, 5) is 43.7. The quantitative estimate of drug-likeness (QED) is 0.469. The van der Waals surface area contributed by atoms with Gasteiger partial charge < -0.3 is 4.90 Å². The summed E-state index contributed by atoms with van der Waals surface area (Å²) in [5.74, 6) is -0.735. The Kier molecular flexibility index (Phi) is 6.72. The first-order chi connectivity index (χ1) is 20.0. The van der Waals surface area contributed by atoms with E-state index in [1.165, 1.54) is 29.5 Å². The van der Waals surface area contributed by atoms with Crippen molar-refractivity contribution in [1.82, 2.24) is 20.0 Å². The summed E-state index contributed by atoms with van der Waals surface area (Å²) < 4.78 is 0. The number of likely N-dealkylation sites (tertiary alicyclic amines) is 2. The lowest BCUT2D eigenvalue weighted by Gasteiger charge is -2.55. The Bertz CT molecular complexity index is 1420. The first kappa shape index (κ1) is 26.1. The zero-order chi connectivity index (χ0) is 28.0. The van der Waals surface area contributed by atoms with Crippen LogP contribution in [0.2, 0.25) is 0 Å². The molecule has 210 valence electrons. The number of rotatable bonds is 6. The van der Waals surface area contributed by atoms with Crippen LogP contribution in [0, 0.1) is 5.41 Å². The van der Waals surface area contributed by atoms with Crippen molar-refractivity contribution in [3.63, 3.8) is 0 Å². The van der Waals surface area contributed by atoms with Crippen molar-refractivity contribution in [2.24, 2.45) is 5.41 Å². The second kappa shape index (κ2) is 10.5. The predicted octanol–water partition coefficient (Wildman–Crippen LogP) is 4.14. The van der Waals surface area contributed by atoms with Gasteiger partial charge in [-0.15, -0.1) is 0 Å². The summed E-state index contributed by atoms with van der Waals surface area (Å²) >= 11 is 0. The number of carbonyl (C=O) groups is 3. The molecule has 7 heteroatoms. The molecule has 41 heavy (non-hydrogen) atoms. The minimum atomic E-state index is -0.569. The maximum absolute atomic E-state index is 13.0. The SMILES string of the molecule is O=C1CCC(N2Cc3cc(CN4CC5(CCN(C(c6ccccc6)c6ccccc6)CC5)C4)ccc3C2=O)C(=O)N1. The predicted molar refractivity (Wildman–Crippen MR) is 156 cm³/mol. The number of hydrogen-bond donors (Lipinski definition) is 1. The highest BCUT2D eigenvalue weighted by molar-refractivity contribution is 6.05. The number of fused-ring (bicyclic) bond motifs is 1. The summed E-state index contributed by atoms with van der Waals surface area (Å²) in [7, 11) is 0. The Morgan fingerprint density at radius 3 is 2.15 bits per heavy atom. The molecule has 0 radical (unpaired) electrons. The number of carbonyl (C=O) groups excluding carboxylic acids is 3. The van der Waals surface area contributed by atoms with E-state index in [1.54, 1.807) is 4.90 Å². The van der Waals surface area contributed by atoms with Gasteiger partial charge in [-0.2, -0.15) is 0 Å². The number of amides is 3. The maximum Gasteiger partial charge on any atom is 0.255 e. The summed E-state index contributed by atoms with van der Waals surface area (Å²) in [5.41, 5.74) is 5.98. The number of nitrogens with one attached hydrogen (secondary N) is 1. The summed E-state index contributed by atoms with van der Waals surface area (Å²) in [6.45, 7) is 5.72. The van der Waals surface area contributed by atoms with E-state index >= 15 is 0 Å². The van der Waals surface area contributed by atoms with E-state index in [9.17, 15) is 14.4 Å². The highest BCUT2D eigenvalue weighted by atomic mass is 16.2. The molecule has 0 aliphatic carbocycles. The van der Waals surface area contributed by atoms with Crippen LogP contribution in [-0.2, 0) is 22.7 Å². The highest BCUT2D eigenvalue weighted by Crippen LogP contribution is 2.44. The lowest BCUT2D eigenvalue weighted by molar-refractivity contribution is -0.136. The van der Waals surface area contributed by atoms with Crippen molar-refractivity contribution in [2.75, 3.05) is 26.2 Å². The van der Waals surface area contributed by atoms with Crippen LogP contribution in [0.25, 0.3) is 0 Å². The second-order valence-corrected chi connectivity index (χ2v) is 12.3. The molecule has 3 aromatic carbocycles. The molecular formula is C34H36N4O3. The Labute approximate surface area is 241 Å². The normalized spacial score (nSPS) is 22.6. The van der Waals surface area contributed by atoms with Gasteiger partial charge >= 0.3 is 0 Å². The fourth-order valence-corrected chi connectivity index (χ4v) is 7.46. The number of piperidine rings is 2. The molecule has 3 fully saturated rings. The zero-order valence-corrected chi connectivity index (χ0v) is 23.3. The van der Waals surface area contributed by atoms with Crippen LogP contribution in [0.3, 0.4) is 0 Å². The van der Waals surface area contributed by atoms with Crippen LogP contribution in [0.5, 0.6) is 0 Å². The van der Waals surface area contributed by atoms with E-state index in [0.717, 1.165) is 38.3 Å². The summed E-state index contributed by atoms with van der Waals surface area (Å²) in [6, 6.07) is 27.6. The molecule has 1 atom stereocenters. The van der Waals surface area contributed by atoms with E-state index < -0.39 is 6.04 Å². The van der Waals surface area contributed by atoms with E-state index in [-0.39, 0.29) is 24.1 Å². The van der Waals surface area contributed by atoms with Crippen molar-refractivity contribution >= 4 is 17.7 Å². The molecule has 1 unspecified atom stereocenters. The van der Waals surface area contributed by atoms with Crippen molar-refractivity contribution < 1.29 is 14.4 Å². The Balaban J connectivity index is 0.964. The Morgan fingerprint density at radius 2 is 1.51 bits per heavy atom. The molecule has 0 aromatic heterocycles. The van der Waals surface area contributed by atoms with Crippen molar-refractivity contribution in [3.05, 3.63) is 107 Å². The summed E-state index contributed by atoms with van der Waals surface area (Å²) in [5, 5.41) is 2.38. The molecular weight excluding hydrogens is 512 g/mol. The molecule has 3 aromatic rings. The number of nitrogens with zero attached hydrogens (tertiary/aromatic N) is 3. The molecule has 4 aliphatic heterocycles. The van der Waals surface area contributed by atoms with Crippen LogP contribution >= 0.6 is 0 Å². The molecule has 0 saturated carbocycles. The van der Waals surface area contributed by atoms with Gasteiger partial charge in [0.05, 0.1) is 6.04 Å². The molecule has 7 rings (SSSR count). The first-order valence-electron chi connectivity index (χ1n) is 14.8. The average molecular weight is 549 g/mol. The largest absolute Gasteiger partial charge is 0.322 e. The third kappa shape index (κ3) is 4.98. The Hall–Kier alpha value is -3.81. The van der Waals surface area contributed by atoms with Gasteiger partial charge in [0, 0.05) is 38.2 Å². The van der Waals surface area contributed by atoms with Gasteiger partial charge in [-0.1, -0.05) is 72.8 Å². The zero-order valence-electron chi connectivity index (χ0n) is 23.3. The van der Waals surface area contributed by atoms with E-state index in [1.807, 2.05) is 6.07 Å². The van der Waals surface area contributed by atoms with Gasteiger partial charge in [-0.3, -0.25) is 29.5 Å². The lowest BCUT2D eigenvalue weighted by Crippen LogP contribution is -2.60. The fourth-order valence-electron chi connectivity index (χ4n) is 7.46. The molecule has 1 N–H and O–H groups in total. The van der Waals surface area contributed by atoms with Crippen LogP contribution < -0.4 is 5.32 Å². The molecule has 1 spiro atoms. The van der Waals surface area contributed by atoms with Crippen LogP contribution in [0.15, 0.2) is 78.9 Å². The van der Waals surface area contributed by atoms with Gasteiger partial charge in [0.25, 0.3) is 5.91 Å². The van der Waals surface area contributed by atoms with Gasteiger partial charge in [-0.25, -0.2) is 0 Å². The maximum atomic E-state index is 13.0. The highest BCUT2D eigenvalue weighted by Gasteiger charge is 2.46. The minimum absolute atomic E-state index is 0.111. The monoisotopic (exact) mass is 548 g/mol. The van der Waals surface area contributed by atoms with E-state index in [0.29, 0.717) is 30.0 Å². The molecule has 3 amide bonds. The smallest absolute Gasteiger partial charge is 0.255 e. The number of imide groups is 1. The van der Waals surface area contributed by atoms with Crippen LogP contribution in [0.4, 0.5) is 0 Å². The fraction of sp³-hybridized carbons (Fsp3) is 0.382. The summed E-state index contributed by atoms with van der Waals surface area (Å²) in [6.07, 6.45) is 3.08. The molecule has 3 saturated heterocycles. The molecule has 0 bridgehead atoms. The van der Waals surface area contributed by atoms with Crippen molar-refractivity contribution in [3.8, 4) is 0 Å². The van der Waals surface area contributed by atoms with Gasteiger partial charge in [0.2, 0.25) is 11.8 Å². The van der Waals surface area contributed by atoms with E-state index in [4.69, 9.17) is 0 Å². The topological polar surface area (TPSA) is 73.0 Å².